The van der Waals surface area contributed by atoms with Crippen LogP contribution in [0.25, 0.3) is 0 Å². The Morgan fingerprint density at radius 1 is 1.14 bits per heavy atom. The summed E-state index contributed by atoms with van der Waals surface area (Å²) < 4.78 is 25.5. The summed E-state index contributed by atoms with van der Waals surface area (Å²) in [5, 5.41) is 0. The van der Waals surface area contributed by atoms with Crippen molar-refractivity contribution in [2.24, 2.45) is 5.41 Å². The van der Waals surface area contributed by atoms with Gasteiger partial charge in [-0.25, -0.2) is 4.79 Å². The molecule has 0 radical (unpaired) electrons. The molecule has 8 nitrogen and oxygen atoms in total. The molecule has 6 rings (SSSR count). The molecule has 42 heavy (non-hydrogen) atoms. The first-order valence-corrected chi connectivity index (χ1v) is 18.0. The minimum atomic E-state index is -2.36. The van der Waals surface area contributed by atoms with Gasteiger partial charge in [-0.05, 0) is 47.5 Å². The van der Waals surface area contributed by atoms with E-state index in [-0.39, 0.29) is 5.78 Å². The fourth-order valence-electron chi connectivity index (χ4n) is 10.7. The number of likely N-dealkylation sites (N-methyl/N-ethyl adjacent to an activating group) is 1. The smallest absolute Gasteiger partial charge is 0.348 e. The van der Waals surface area contributed by atoms with Crippen LogP contribution in [0.3, 0.4) is 0 Å². The van der Waals surface area contributed by atoms with Crippen LogP contribution in [0.15, 0.2) is 18.2 Å². The first kappa shape index (κ1) is 30.0. The van der Waals surface area contributed by atoms with Crippen LogP contribution in [-0.2, 0) is 28.9 Å². The molecule has 4 saturated heterocycles. The summed E-state index contributed by atoms with van der Waals surface area (Å²) >= 11 is 6.36. The van der Waals surface area contributed by atoms with Crippen molar-refractivity contribution < 1.29 is 28.2 Å². The van der Waals surface area contributed by atoms with E-state index >= 15 is 4.79 Å². The number of hydrogen-bond acceptors (Lipinski definition) is 8. The number of piperidine rings is 1. The number of esters is 1. The van der Waals surface area contributed by atoms with Gasteiger partial charge in [0.15, 0.2) is 11.5 Å². The van der Waals surface area contributed by atoms with Crippen LogP contribution in [-0.4, -0.2) is 81.2 Å². The van der Waals surface area contributed by atoms with Crippen molar-refractivity contribution in [1.82, 2.24) is 4.90 Å². The molecular weight excluding hydrogens is 569 g/mol. The van der Waals surface area contributed by atoms with Crippen LogP contribution in [0.2, 0.25) is 16.6 Å². The molecular formula is C32H46N2O6SSi. The fourth-order valence-corrected chi connectivity index (χ4v) is 16.6. The molecule has 230 valence electrons. The number of methoxy groups -OCH3 is 2. The van der Waals surface area contributed by atoms with Crippen molar-refractivity contribution >= 4 is 43.0 Å². The third-order valence-electron chi connectivity index (χ3n) is 12.0. The number of hydrogen-bond donors (Lipinski definition) is 0. The first-order chi connectivity index (χ1) is 19.7. The quantitative estimate of drug-likeness (QED) is 0.166. The largest absolute Gasteiger partial charge is 0.497 e. The van der Waals surface area contributed by atoms with E-state index in [1.807, 2.05) is 19.2 Å². The van der Waals surface area contributed by atoms with Crippen LogP contribution < -0.4 is 9.64 Å². The maximum Gasteiger partial charge on any atom is 0.348 e. The van der Waals surface area contributed by atoms with Crippen molar-refractivity contribution in [2.75, 3.05) is 32.7 Å². The maximum atomic E-state index is 15.2. The highest BCUT2D eigenvalue weighted by Gasteiger charge is 2.96. The van der Waals surface area contributed by atoms with E-state index in [0.717, 1.165) is 17.0 Å². The topological polar surface area (TPSA) is 77.5 Å². The van der Waals surface area contributed by atoms with E-state index in [1.54, 1.807) is 7.11 Å². The zero-order valence-corrected chi connectivity index (χ0v) is 28.5. The summed E-state index contributed by atoms with van der Waals surface area (Å²) in [6.45, 7) is 16.3. The van der Waals surface area contributed by atoms with Crippen molar-refractivity contribution in [1.29, 1.82) is 0 Å². The summed E-state index contributed by atoms with van der Waals surface area (Å²) in [5.41, 5.74) is -1.46. The lowest BCUT2D eigenvalue weighted by molar-refractivity contribution is -0.192. The lowest BCUT2D eigenvalue weighted by Gasteiger charge is -2.60. The van der Waals surface area contributed by atoms with Gasteiger partial charge in [0, 0.05) is 25.3 Å². The monoisotopic (exact) mass is 614 g/mol. The molecule has 0 aromatic heterocycles. The number of Topliss-reactive ketones (excluding diaryl/α,β-unsaturated/α-hetero) is 1. The van der Waals surface area contributed by atoms with Crippen LogP contribution in [0, 0.1) is 5.41 Å². The number of nitrogens with zero attached hydrogens (tertiary/aromatic N) is 2. The molecule has 0 N–H and O–H groups in total. The number of ether oxygens (including phenoxy) is 3. The first-order valence-electron chi connectivity index (χ1n) is 15.5. The van der Waals surface area contributed by atoms with E-state index in [9.17, 15) is 4.79 Å². The summed E-state index contributed by atoms with van der Waals surface area (Å²) in [7, 11) is 2.59. The number of ketones is 1. The molecule has 0 amide bonds. The van der Waals surface area contributed by atoms with Gasteiger partial charge in [0.1, 0.15) is 10.7 Å². The Bertz CT molecular complexity index is 1350. The molecule has 5 aliphatic rings. The highest BCUT2D eigenvalue weighted by Crippen LogP contribution is 2.78. The van der Waals surface area contributed by atoms with Gasteiger partial charge in [-0.15, -0.1) is 0 Å². The molecule has 1 aromatic carbocycles. The highest BCUT2D eigenvalue weighted by molar-refractivity contribution is 7.80. The lowest BCUT2D eigenvalue weighted by atomic mass is 9.48. The van der Waals surface area contributed by atoms with Gasteiger partial charge in [0.25, 0.3) is 0 Å². The van der Waals surface area contributed by atoms with Gasteiger partial charge in [-0.2, -0.15) is 0 Å². The summed E-state index contributed by atoms with van der Waals surface area (Å²) in [4.78, 5) is 34.1. The Balaban J connectivity index is 1.60. The minimum absolute atomic E-state index is 0.189. The van der Waals surface area contributed by atoms with E-state index in [1.165, 1.54) is 7.11 Å². The molecule has 4 fully saturated rings. The fraction of sp³-hybridized carbons (Fsp3) is 0.719. The summed E-state index contributed by atoms with van der Waals surface area (Å²) in [6.07, 6.45) is 1.20. The molecule has 0 unspecified atom stereocenters. The molecule has 0 aliphatic carbocycles. The normalized spacial score (nSPS) is 36.3. The predicted molar refractivity (Wildman–Crippen MR) is 168 cm³/mol. The zero-order chi connectivity index (χ0) is 30.8. The molecule has 2 bridgehead atoms. The van der Waals surface area contributed by atoms with Crippen molar-refractivity contribution in [3.05, 3.63) is 23.8 Å². The van der Waals surface area contributed by atoms with Crippen LogP contribution in [0.5, 0.6) is 5.75 Å². The van der Waals surface area contributed by atoms with E-state index in [0.29, 0.717) is 47.4 Å². The Hall–Kier alpha value is -2.01. The van der Waals surface area contributed by atoms with Gasteiger partial charge >= 0.3 is 5.97 Å². The van der Waals surface area contributed by atoms with Crippen LogP contribution in [0.4, 0.5) is 5.69 Å². The lowest BCUT2D eigenvalue weighted by Crippen LogP contribution is -2.77. The number of rotatable bonds is 8. The summed E-state index contributed by atoms with van der Waals surface area (Å²) in [6, 6.07) is 5.51. The standard InChI is InChI=1S/C32H46N2O6SSi/c1-11-29-17-24(39-42(18(2)3,19(4)5)20(6)7)25(41)34-15-14-30-22-13-12-21(37-9)16-23(22)33(8)26(30)31(27(29)35,28(36)38-10)40-32(29,30)34/h12-13,16,18-20,24,26H,11,14-15,17H2,1-10H3/t24-,26+,29-,30-,31-,32-/m0/s1. The van der Waals surface area contributed by atoms with Crippen molar-refractivity contribution in [3.63, 3.8) is 0 Å². The van der Waals surface area contributed by atoms with E-state index in [4.69, 9.17) is 30.9 Å². The van der Waals surface area contributed by atoms with Crippen molar-refractivity contribution in [3.8, 4) is 5.75 Å². The minimum Gasteiger partial charge on any atom is -0.497 e. The Morgan fingerprint density at radius 3 is 2.33 bits per heavy atom. The third kappa shape index (κ3) is 2.89. The van der Waals surface area contributed by atoms with E-state index in [2.05, 4.69) is 64.3 Å². The molecule has 5 heterocycles. The predicted octanol–water partition coefficient (Wildman–Crippen LogP) is 5.37. The number of benzene rings is 1. The molecule has 5 aliphatic heterocycles. The number of anilines is 1. The average molecular weight is 615 g/mol. The number of fused-ring (bicyclic) bond motifs is 3. The second kappa shape index (κ2) is 9.25. The zero-order valence-electron chi connectivity index (χ0n) is 26.7. The van der Waals surface area contributed by atoms with Crippen LogP contribution >= 0.6 is 12.2 Å². The summed E-state index contributed by atoms with van der Waals surface area (Å²) in [5.74, 6) is -0.0959. The van der Waals surface area contributed by atoms with E-state index < -0.39 is 48.6 Å². The second-order valence-corrected chi connectivity index (χ2v) is 19.8. The third-order valence-corrected chi connectivity index (χ3v) is 18.6. The van der Waals surface area contributed by atoms with Gasteiger partial charge in [0.2, 0.25) is 13.9 Å². The second-order valence-electron chi connectivity index (χ2n) is 14.0. The van der Waals surface area contributed by atoms with Gasteiger partial charge in [-0.1, -0.05) is 66.8 Å². The Labute approximate surface area is 256 Å². The molecule has 1 aromatic rings. The highest BCUT2D eigenvalue weighted by atomic mass is 32.1. The van der Waals surface area contributed by atoms with Gasteiger partial charge in [-0.3, -0.25) is 4.79 Å². The number of thiocarbonyl (C=S) groups is 1. The van der Waals surface area contributed by atoms with Gasteiger partial charge in [0.05, 0.1) is 37.2 Å². The van der Waals surface area contributed by atoms with Gasteiger partial charge < -0.3 is 28.4 Å². The molecule has 0 saturated carbocycles. The van der Waals surface area contributed by atoms with Crippen molar-refractivity contribution in [2.45, 2.75) is 113 Å². The Morgan fingerprint density at radius 2 is 1.79 bits per heavy atom. The maximum absolute atomic E-state index is 15.2. The molecule has 6 atom stereocenters. The number of carbonyl (C=O) groups excluding carboxylic acids is 2. The number of carbonyl (C=O) groups is 2. The van der Waals surface area contributed by atoms with Crippen LogP contribution in [0.1, 0.15) is 73.3 Å². The molecule has 10 heteroatoms. The SMILES string of the molecule is CC[C@@]12C[C@H](O[Si](C(C)C)(C(C)C)C(C)C)C(=S)N3CC[C@]45c6ccc(OC)cc6N(C)[C@H]4[C@](C(=O)OC)(O[C@@]315)C2=O. The molecule has 2 spiro atoms. The Kier molecular flexibility index (Phi) is 6.61. The average Bonchev–Trinajstić information content (AvgIpc) is 3.59.